The van der Waals surface area contributed by atoms with Crippen LogP contribution < -0.4 is 4.74 Å². The van der Waals surface area contributed by atoms with Crippen molar-refractivity contribution in [1.82, 2.24) is 9.80 Å². The maximum absolute atomic E-state index is 12.2. The Hall–Kier alpha value is -1.59. The Kier molecular flexibility index (Phi) is 4.95. The third kappa shape index (κ3) is 3.42. The first-order chi connectivity index (χ1) is 10.8. The van der Waals surface area contributed by atoms with Gasteiger partial charge in [0.2, 0.25) is 5.91 Å². The minimum atomic E-state index is 0.208. The molecule has 0 saturated carbocycles. The molecule has 0 radical (unpaired) electrons. The largest absolute Gasteiger partial charge is 0.497 e. The topological polar surface area (TPSA) is 42.0 Å². The van der Waals surface area contributed by atoms with E-state index in [-0.39, 0.29) is 11.9 Å². The van der Waals surface area contributed by atoms with E-state index in [4.69, 9.17) is 9.47 Å². The number of ether oxygens (including phenoxy) is 2. The molecule has 1 unspecified atom stereocenters. The van der Waals surface area contributed by atoms with E-state index in [1.165, 1.54) is 5.56 Å². The molecule has 1 amide bonds. The molecule has 0 bridgehead atoms. The fraction of sp³-hybridized carbons (Fsp3) is 0.588. The molecule has 1 aromatic rings. The Bertz CT molecular complexity index is 497. The highest BCUT2D eigenvalue weighted by molar-refractivity contribution is 5.79. The summed E-state index contributed by atoms with van der Waals surface area (Å²) in [5, 5.41) is 0. The van der Waals surface area contributed by atoms with Gasteiger partial charge in [0.1, 0.15) is 5.75 Å². The second kappa shape index (κ2) is 7.11. The Labute approximate surface area is 131 Å². The summed E-state index contributed by atoms with van der Waals surface area (Å²) in [7, 11) is 1.67. The van der Waals surface area contributed by atoms with E-state index in [9.17, 15) is 4.79 Å². The Morgan fingerprint density at radius 3 is 2.59 bits per heavy atom. The van der Waals surface area contributed by atoms with Crippen molar-refractivity contribution in [2.45, 2.75) is 18.9 Å². The lowest BCUT2D eigenvalue weighted by Gasteiger charge is -2.31. The summed E-state index contributed by atoms with van der Waals surface area (Å²) in [6.45, 7) is 5.27. The molecule has 5 nitrogen and oxygen atoms in total. The normalized spacial score (nSPS) is 23.0. The number of carbonyl (C=O) groups excluding carboxylic acids is 1. The number of rotatable bonds is 5. The third-order valence-electron chi connectivity index (χ3n) is 4.59. The average molecular weight is 304 g/mol. The van der Waals surface area contributed by atoms with Crippen molar-refractivity contribution in [1.29, 1.82) is 0 Å². The molecular weight excluding hydrogens is 280 g/mol. The van der Waals surface area contributed by atoms with Crippen LogP contribution in [0.2, 0.25) is 0 Å². The number of morpholine rings is 1. The van der Waals surface area contributed by atoms with Crippen LogP contribution in [0, 0.1) is 0 Å². The van der Waals surface area contributed by atoms with Gasteiger partial charge in [-0.2, -0.15) is 0 Å². The van der Waals surface area contributed by atoms with Gasteiger partial charge < -0.3 is 14.4 Å². The summed E-state index contributed by atoms with van der Waals surface area (Å²) in [5.74, 6) is 1.13. The van der Waals surface area contributed by atoms with Crippen LogP contribution in [-0.4, -0.2) is 62.2 Å². The van der Waals surface area contributed by atoms with Gasteiger partial charge in [-0.05, 0) is 24.1 Å². The summed E-state index contributed by atoms with van der Waals surface area (Å²) in [5.41, 5.74) is 1.20. The minimum Gasteiger partial charge on any atom is -0.497 e. The van der Waals surface area contributed by atoms with Crippen LogP contribution in [0.25, 0.3) is 0 Å². The van der Waals surface area contributed by atoms with E-state index >= 15 is 0 Å². The SMILES string of the molecule is COc1ccc(C2CCC(=O)N2CCN2CCOCC2)cc1. The second-order valence-corrected chi connectivity index (χ2v) is 5.87. The zero-order valence-corrected chi connectivity index (χ0v) is 13.2. The molecule has 2 aliphatic heterocycles. The van der Waals surface area contributed by atoms with Crippen LogP contribution in [0.5, 0.6) is 5.75 Å². The molecule has 2 heterocycles. The Balaban J connectivity index is 1.63. The quantitative estimate of drug-likeness (QED) is 0.830. The monoisotopic (exact) mass is 304 g/mol. The van der Waals surface area contributed by atoms with E-state index in [2.05, 4.69) is 17.0 Å². The van der Waals surface area contributed by atoms with Crippen LogP contribution in [-0.2, 0) is 9.53 Å². The van der Waals surface area contributed by atoms with Gasteiger partial charge in [0.15, 0.2) is 0 Å². The van der Waals surface area contributed by atoms with Crippen molar-refractivity contribution in [2.75, 3.05) is 46.5 Å². The maximum atomic E-state index is 12.2. The van der Waals surface area contributed by atoms with Crippen molar-refractivity contribution in [3.05, 3.63) is 29.8 Å². The van der Waals surface area contributed by atoms with E-state index in [1.807, 2.05) is 17.0 Å². The van der Waals surface area contributed by atoms with E-state index < -0.39 is 0 Å². The zero-order valence-electron chi connectivity index (χ0n) is 13.2. The summed E-state index contributed by atoms with van der Waals surface area (Å²) in [6, 6.07) is 8.30. The molecule has 0 aliphatic carbocycles. The number of benzene rings is 1. The van der Waals surface area contributed by atoms with Crippen LogP contribution in [0.15, 0.2) is 24.3 Å². The van der Waals surface area contributed by atoms with Crippen LogP contribution >= 0.6 is 0 Å². The minimum absolute atomic E-state index is 0.208. The third-order valence-corrected chi connectivity index (χ3v) is 4.59. The number of hydrogen-bond donors (Lipinski definition) is 0. The van der Waals surface area contributed by atoms with Crippen molar-refractivity contribution in [3.63, 3.8) is 0 Å². The molecule has 2 fully saturated rings. The predicted octanol–water partition coefficient (Wildman–Crippen LogP) is 1.69. The molecule has 1 atom stereocenters. The van der Waals surface area contributed by atoms with Crippen molar-refractivity contribution < 1.29 is 14.3 Å². The smallest absolute Gasteiger partial charge is 0.223 e. The first kappa shape index (κ1) is 15.3. The lowest BCUT2D eigenvalue weighted by Crippen LogP contribution is -2.42. The molecule has 2 aliphatic rings. The number of carbonyl (C=O) groups is 1. The molecule has 5 heteroatoms. The van der Waals surface area contributed by atoms with Crippen molar-refractivity contribution in [3.8, 4) is 5.75 Å². The van der Waals surface area contributed by atoms with Crippen LogP contribution in [0.4, 0.5) is 0 Å². The van der Waals surface area contributed by atoms with Crippen LogP contribution in [0.1, 0.15) is 24.4 Å². The summed E-state index contributed by atoms with van der Waals surface area (Å²) in [6.07, 6.45) is 1.56. The Morgan fingerprint density at radius 1 is 1.18 bits per heavy atom. The molecule has 22 heavy (non-hydrogen) atoms. The Morgan fingerprint density at radius 2 is 1.91 bits per heavy atom. The summed E-state index contributed by atoms with van der Waals surface area (Å²) >= 11 is 0. The number of nitrogens with zero attached hydrogens (tertiary/aromatic N) is 2. The molecule has 120 valence electrons. The van der Waals surface area contributed by atoms with Gasteiger partial charge in [0.05, 0.1) is 26.4 Å². The highest BCUT2D eigenvalue weighted by atomic mass is 16.5. The summed E-state index contributed by atoms with van der Waals surface area (Å²) in [4.78, 5) is 16.6. The predicted molar refractivity (Wildman–Crippen MR) is 83.9 cm³/mol. The first-order valence-electron chi connectivity index (χ1n) is 8.01. The fourth-order valence-electron chi connectivity index (χ4n) is 3.26. The van der Waals surface area contributed by atoms with E-state index in [0.717, 1.165) is 51.6 Å². The van der Waals surface area contributed by atoms with E-state index in [1.54, 1.807) is 7.11 Å². The van der Waals surface area contributed by atoms with Crippen molar-refractivity contribution in [2.24, 2.45) is 0 Å². The van der Waals surface area contributed by atoms with Crippen LogP contribution in [0.3, 0.4) is 0 Å². The fourth-order valence-corrected chi connectivity index (χ4v) is 3.26. The lowest BCUT2D eigenvalue weighted by molar-refractivity contribution is -0.129. The number of methoxy groups -OCH3 is 1. The zero-order chi connectivity index (χ0) is 15.4. The standard InChI is InChI=1S/C17H24N2O3/c1-21-15-4-2-14(3-5-15)16-6-7-17(20)19(16)9-8-18-10-12-22-13-11-18/h2-5,16H,6-13H2,1H3. The summed E-state index contributed by atoms with van der Waals surface area (Å²) < 4.78 is 10.6. The highest BCUT2D eigenvalue weighted by Gasteiger charge is 2.32. The van der Waals surface area contributed by atoms with Gasteiger partial charge in [-0.1, -0.05) is 12.1 Å². The molecular formula is C17H24N2O3. The van der Waals surface area contributed by atoms with Gasteiger partial charge in [-0.25, -0.2) is 0 Å². The van der Waals surface area contributed by atoms with Gasteiger partial charge in [0.25, 0.3) is 0 Å². The van der Waals surface area contributed by atoms with Gasteiger partial charge in [0, 0.05) is 32.6 Å². The number of likely N-dealkylation sites (tertiary alicyclic amines) is 1. The molecule has 0 aromatic heterocycles. The highest BCUT2D eigenvalue weighted by Crippen LogP contribution is 2.33. The molecule has 2 saturated heterocycles. The van der Waals surface area contributed by atoms with Crippen molar-refractivity contribution >= 4 is 5.91 Å². The lowest BCUT2D eigenvalue weighted by atomic mass is 10.0. The average Bonchev–Trinajstić information content (AvgIpc) is 2.95. The molecule has 0 N–H and O–H groups in total. The molecule has 3 rings (SSSR count). The van der Waals surface area contributed by atoms with E-state index in [0.29, 0.717) is 6.42 Å². The van der Waals surface area contributed by atoms with Gasteiger partial charge in [-0.15, -0.1) is 0 Å². The molecule has 1 aromatic carbocycles. The van der Waals surface area contributed by atoms with Gasteiger partial charge in [-0.3, -0.25) is 9.69 Å². The number of hydrogen-bond acceptors (Lipinski definition) is 4. The second-order valence-electron chi connectivity index (χ2n) is 5.87. The maximum Gasteiger partial charge on any atom is 0.223 e. The first-order valence-corrected chi connectivity index (χ1v) is 8.01. The molecule has 0 spiro atoms. The van der Waals surface area contributed by atoms with Gasteiger partial charge >= 0.3 is 0 Å². The number of amides is 1.